The van der Waals surface area contributed by atoms with Crippen LogP contribution in [0, 0.1) is 0 Å². The van der Waals surface area contributed by atoms with Gasteiger partial charge in [0.15, 0.2) is 5.78 Å². The monoisotopic (exact) mass is 196 g/mol. The first-order valence-corrected chi connectivity index (χ1v) is 4.28. The van der Waals surface area contributed by atoms with Crippen LogP contribution < -0.4 is 0 Å². The topological polar surface area (TPSA) is 17.1 Å². The lowest BCUT2D eigenvalue weighted by atomic mass is 10.1. The molecule has 0 spiro atoms. The largest absolute Gasteiger partial charge is 0.446 e. The maximum Gasteiger partial charge on any atom is 0.446 e. The SMILES string of the molecule is O=C1C=C(SC(F)(F)F)CCC1. The van der Waals surface area contributed by atoms with E-state index < -0.39 is 5.51 Å². The second kappa shape index (κ2) is 3.51. The summed E-state index contributed by atoms with van der Waals surface area (Å²) in [5.41, 5.74) is -4.26. The van der Waals surface area contributed by atoms with Crippen molar-refractivity contribution in [2.75, 3.05) is 0 Å². The van der Waals surface area contributed by atoms with Crippen LogP contribution in [0.2, 0.25) is 0 Å². The summed E-state index contributed by atoms with van der Waals surface area (Å²) >= 11 is -0.178. The van der Waals surface area contributed by atoms with Crippen molar-refractivity contribution in [3.8, 4) is 0 Å². The molecule has 0 unspecified atom stereocenters. The zero-order chi connectivity index (χ0) is 9.19. The minimum atomic E-state index is -4.26. The Morgan fingerprint density at radius 1 is 1.33 bits per heavy atom. The number of rotatable bonds is 1. The van der Waals surface area contributed by atoms with Gasteiger partial charge in [-0.2, -0.15) is 13.2 Å². The van der Waals surface area contributed by atoms with E-state index in [4.69, 9.17) is 0 Å². The van der Waals surface area contributed by atoms with Gasteiger partial charge < -0.3 is 0 Å². The Morgan fingerprint density at radius 3 is 2.50 bits per heavy atom. The summed E-state index contributed by atoms with van der Waals surface area (Å²) in [6.07, 6.45) is 2.38. The highest BCUT2D eigenvalue weighted by Crippen LogP contribution is 2.39. The summed E-state index contributed by atoms with van der Waals surface area (Å²) in [5, 5.41) is 0. The van der Waals surface area contributed by atoms with Crippen LogP contribution in [0.15, 0.2) is 11.0 Å². The molecule has 5 heteroatoms. The van der Waals surface area contributed by atoms with Crippen molar-refractivity contribution in [1.82, 2.24) is 0 Å². The van der Waals surface area contributed by atoms with Crippen molar-refractivity contribution in [3.05, 3.63) is 11.0 Å². The number of ketones is 1. The molecule has 0 saturated heterocycles. The smallest absolute Gasteiger partial charge is 0.295 e. The molecule has 68 valence electrons. The molecule has 1 nitrogen and oxygen atoms in total. The molecular weight excluding hydrogens is 189 g/mol. The number of halogens is 3. The van der Waals surface area contributed by atoms with Gasteiger partial charge in [0.25, 0.3) is 0 Å². The van der Waals surface area contributed by atoms with Gasteiger partial charge in [0, 0.05) is 6.42 Å². The van der Waals surface area contributed by atoms with Crippen LogP contribution in [0.3, 0.4) is 0 Å². The van der Waals surface area contributed by atoms with Gasteiger partial charge in [0.05, 0.1) is 0 Å². The third-order valence-electron chi connectivity index (χ3n) is 1.42. The van der Waals surface area contributed by atoms with Crippen molar-refractivity contribution in [3.63, 3.8) is 0 Å². The highest BCUT2D eigenvalue weighted by atomic mass is 32.2. The Hall–Kier alpha value is -0.450. The van der Waals surface area contributed by atoms with E-state index in [9.17, 15) is 18.0 Å². The third-order valence-corrected chi connectivity index (χ3v) is 2.23. The molecule has 1 aliphatic rings. The molecule has 0 bridgehead atoms. The maximum atomic E-state index is 11.8. The van der Waals surface area contributed by atoms with Gasteiger partial charge in [0.1, 0.15) is 0 Å². The van der Waals surface area contributed by atoms with E-state index >= 15 is 0 Å². The second-order valence-corrected chi connectivity index (χ2v) is 3.67. The zero-order valence-electron chi connectivity index (χ0n) is 6.15. The van der Waals surface area contributed by atoms with Crippen molar-refractivity contribution in [1.29, 1.82) is 0 Å². The molecule has 0 fully saturated rings. The van der Waals surface area contributed by atoms with Gasteiger partial charge in [-0.3, -0.25) is 4.79 Å². The van der Waals surface area contributed by atoms with E-state index in [1.165, 1.54) is 0 Å². The standard InChI is InChI=1S/C7H7F3OS/c8-7(9,10)12-6-3-1-2-5(11)4-6/h4H,1-3H2. The van der Waals surface area contributed by atoms with Crippen molar-refractivity contribution in [2.24, 2.45) is 0 Å². The lowest BCUT2D eigenvalue weighted by molar-refractivity contribution is -0.114. The molecule has 0 heterocycles. The first kappa shape index (κ1) is 9.64. The number of thioether (sulfide) groups is 1. The van der Waals surface area contributed by atoms with E-state index in [1.54, 1.807) is 0 Å². The van der Waals surface area contributed by atoms with E-state index in [1.807, 2.05) is 0 Å². The van der Waals surface area contributed by atoms with Crippen molar-refractivity contribution < 1.29 is 18.0 Å². The normalized spacial score (nSPS) is 19.2. The molecule has 0 aliphatic heterocycles. The predicted octanol–water partition coefficient (Wildman–Crippen LogP) is 2.88. The van der Waals surface area contributed by atoms with Gasteiger partial charge in [-0.1, -0.05) is 0 Å². The Labute approximate surface area is 72.0 Å². The number of carbonyl (C=O) groups is 1. The van der Waals surface area contributed by atoms with E-state index in [0.717, 1.165) is 6.08 Å². The van der Waals surface area contributed by atoms with Crippen LogP contribution in [0.1, 0.15) is 19.3 Å². The summed E-state index contributed by atoms with van der Waals surface area (Å²) in [6.45, 7) is 0. The van der Waals surface area contributed by atoms with Crippen LogP contribution >= 0.6 is 11.8 Å². The second-order valence-electron chi connectivity index (χ2n) is 2.48. The Balaban J connectivity index is 2.57. The first-order chi connectivity index (χ1) is 5.47. The van der Waals surface area contributed by atoms with Crippen LogP contribution in [0.5, 0.6) is 0 Å². The van der Waals surface area contributed by atoms with E-state index in [-0.39, 0.29) is 22.5 Å². The van der Waals surface area contributed by atoms with Crippen molar-refractivity contribution >= 4 is 17.5 Å². The summed E-state index contributed by atoms with van der Waals surface area (Å²) in [7, 11) is 0. The number of carbonyl (C=O) groups excluding carboxylic acids is 1. The van der Waals surface area contributed by atoms with Gasteiger partial charge in [-0.25, -0.2) is 0 Å². The summed E-state index contributed by atoms with van der Waals surface area (Å²) in [4.78, 5) is 10.8. The van der Waals surface area contributed by atoms with Crippen LogP contribution in [-0.4, -0.2) is 11.3 Å². The molecule has 0 radical (unpaired) electrons. The zero-order valence-corrected chi connectivity index (χ0v) is 6.97. The Bertz CT molecular complexity index is 219. The predicted molar refractivity (Wildman–Crippen MR) is 40.6 cm³/mol. The molecular formula is C7H7F3OS. The number of allylic oxidation sites excluding steroid dienone is 2. The van der Waals surface area contributed by atoms with Gasteiger partial charge in [-0.05, 0) is 35.6 Å². The first-order valence-electron chi connectivity index (χ1n) is 3.46. The summed E-state index contributed by atoms with van der Waals surface area (Å²) in [5.74, 6) is -0.201. The fourth-order valence-electron chi connectivity index (χ4n) is 0.990. The average Bonchev–Trinajstić information content (AvgIpc) is 1.82. The van der Waals surface area contributed by atoms with E-state index in [0.29, 0.717) is 19.3 Å². The molecule has 1 rings (SSSR count). The van der Waals surface area contributed by atoms with Gasteiger partial charge in [-0.15, -0.1) is 0 Å². The minimum Gasteiger partial charge on any atom is -0.295 e. The molecule has 12 heavy (non-hydrogen) atoms. The lowest BCUT2D eigenvalue weighted by Gasteiger charge is -2.12. The number of hydrogen-bond donors (Lipinski definition) is 0. The van der Waals surface area contributed by atoms with Crippen LogP contribution in [0.4, 0.5) is 13.2 Å². The quantitative estimate of drug-likeness (QED) is 0.641. The van der Waals surface area contributed by atoms with E-state index in [2.05, 4.69) is 0 Å². The number of hydrogen-bond acceptors (Lipinski definition) is 2. The summed E-state index contributed by atoms with van der Waals surface area (Å²) in [6, 6.07) is 0. The summed E-state index contributed by atoms with van der Waals surface area (Å²) < 4.78 is 35.3. The molecule has 1 aliphatic carbocycles. The molecule has 0 N–H and O–H groups in total. The Kier molecular flexibility index (Phi) is 2.82. The molecule has 0 aromatic heterocycles. The Morgan fingerprint density at radius 2 is 2.00 bits per heavy atom. The molecule has 0 amide bonds. The maximum absolute atomic E-state index is 11.8. The molecule has 0 saturated carbocycles. The van der Waals surface area contributed by atoms with Gasteiger partial charge in [0.2, 0.25) is 0 Å². The van der Waals surface area contributed by atoms with Crippen LogP contribution in [0.25, 0.3) is 0 Å². The third kappa shape index (κ3) is 3.30. The highest BCUT2D eigenvalue weighted by molar-refractivity contribution is 8.03. The highest BCUT2D eigenvalue weighted by Gasteiger charge is 2.31. The van der Waals surface area contributed by atoms with Gasteiger partial charge >= 0.3 is 5.51 Å². The van der Waals surface area contributed by atoms with Crippen molar-refractivity contribution in [2.45, 2.75) is 24.8 Å². The van der Waals surface area contributed by atoms with Crippen LogP contribution in [-0.2, 0) is 4.79 Å². The lowest BCUT2D eigenvalue weighted by Crippen LogP contribution is -2.06. The minimum absolute atomic E-state index is 0.138. The molecule has 0 aromatic rings. The molecule has 0 aromatic carbocycles. The number of alkyl halides is 3. The fourth-order valence-corrected chi connectivity index (χ4v) is 1.72. The fraction of sp³-hybridized carbons (Fsp3) is 0.571. The molecule has 0 atom stereocenters. The average molecular weight is 196 g/mol.